The van der Waals surface area contributed by atoms with Crippen LogP contribution in [0.25, 0.3) is 0 Å². The van der Waals surface area contributed by atoms with Gasteiger partial charge in [0.2, 0.25) is 5.91 Å². The lowest BCUT2D eigenvalue weighted by Gasteiger charge is -2.22. The largest absolute Gasteiger partial charge is 0.338 e. The number of carbonyl (C=O) groups is 1. The van der Waals surface area contributed by atoms with E-state index < -0.39 is 0 Å². The molecule has 2 fully saturated rings. The van der Waals surface area contributed by atoms with Crippen molar-refractivity contribution in [2.45, 2.75) is 31.7 Å². The van der Waals surface area contributed by atoms with Crippen LogP contribution < -0.4 is 5.32 Å². The van der Waals surface area contributed by atoms with Crippen LogP contribution in [-0.2, 0) is 4.79 Å². The van der Waals surface area contributed by atoms with Crippen molar-refractivity contribution < 1.29 is 4.79 Å². The highest BCUT2D eigenvalue weighted by atomic mass is 16.2. The summed E-state index contributed by atoms with van der Waals surface area (Å²) in [4.78, 5) is 13.7. The number of nitrogens with one attached hydrogen (secondary N) is 1. The maximum atomic E-state index is 11.7. The average Bonchev–Trinajstić information content (AvgIpc) is 2.95. The molecule has 0 unspecified atom stereocenters. The molecule has 0 saturated heterocycles. The van der Waals surface area contributed by atoms with Crippen LogP contribution in [0.1, 0.15) is 25.7 Å². The summed E-state index contributed by atoms with van der Waals surface area (Å²) in [5.41, 5.74) is 0. The number of hydrogen-bond acceptors (Lipinski definition) is 2. The Bertz CT molecular complexity index is 197. The smallest absolute Gasteiger partial charge is 0.236 e. The van der Waals surface area contributed by atoms with Crippen LogP contribution in [0, 0.1) is 5.92 Å². The molecule has 0 spiro atoms. The third-order valence-electron chi connectivity index (χ3n) is 2.79. The van der Waals surface area contributed by atoms with Gasteiger partial charge in [0.1, 0.15) is 0 Å². The second kappa shape index (κ2) is 3.66. The molecule has 0 aromatic rings. The van der Waals surface area contributed by atoms with Gasteiger partial charge in [-0.3, -0.25) is 4.79 Å². The predicted molar refractivity (Wildman–Crippen MR) is 51.4 cm³/mol. The molecule has 1 amide bonds. The van der Waals surface area contributed by atoms with E-state index >= 15 is 0 Å². The maximum absolute atomic E-state index is 11.7. The van der Waals surface area contributed by atoms with Gasteiger partial charge in [-0.1, -0.05) is 0 Å². The molecule has 2 saturated carbocycles. The fourth-order valence-electron chi connectivity index (χ4n) is 1.67. The number of amides is 1. The quantitative estimate of drug-likeness (QED) is 0.675. The minimum Gasteiger partial charge on any atom is -0.338 e. The number of nitrogens with zero attached hydrogens (tertiary/aromatic N) is 1. The molecule has 13 heavy (non-hydrogen) atoms. The summed E-state index contributed by atoms with van der Waals surface area (Å²) >= 11 is 0. The Labute approximate surface area is 79.5 Å². The molecule has 0 atom stereocenters. The van der Waals surface area contributed by atoms with E-state index in [0.29, 0.717) is 12.6 Å². The van der Waals surface area contributed by atoms with Crippen molar-refractivity contribution in [2.75, 3.05) is 20.1 Å². The molecule has 0 aliphatic heterocycles. The third-order valence-corrected chi connectivity index (χ3v) is 2.79. The van der Waals surface area contributed by atoms with Crippen LogP contribution in [0.2, 0.25) is 0 Å². The molecule has 0 heterocycles. The van der Waals surface area contributed by atoms with Gasteiger partial charge in [0.25, 0.3) is 0 Å². The molecule has 0 radical (unpaired) electrons. The molecular weight excluding hydrogens is 164 g/mol. The van der Waals surface area contributed by atoms with E-state index in [9.17, 15) is 4.79 Å². The monoisotopic (exact) mass is 182 g/mol. The van der Waals surface area contributed by atoms with Crippen molar-refractivity contribution in [1.29, 1.82) is 0 Å². The van der Waals surface area contributed by atoms with E-state index in [1.54, 1.807) is 0 Å². The summed E-state index contributed by atoms with van der Waals surface area (Å²) in [6.45, 7) is 1.52. The summed E-state index contributed by atoms with van der Waals surface area (Å²) in [6, 6.07) is 0.585. The second-order valence-electron chi connectivity index (χ2n) is 4.25. The molecule has 0 aromatic heterocycles. The van der Waals surface area contributed by atoms with Gasteiger partial charge < -0.3 is 10.2 Å². The fraction of sp³-hybridized carbons (Fsp3) is 0.900. The number of carbonyl (C=O) groups excluding carboxylic acids is 1. The molecule has 0 bridgehead atoms. The topological polar surface area (TPSA) is 32.3 Å². The summed E-state index contributed by atoms with van der Waals surface area (Å²) in [5.74, 6) is 1.11. The van der Waals surface area contributed by atoms with Crippen molar-refractivity contribution in [3.8, 4) is 0 Å². The molecular formula is C10H18N2O. The van der Waals surface area contributed by atoms with Crippen LogP contribution in [0.5, 0.6) is 0 Å². The Morgan fingerprint density at radius 3 is 2.54 bits per heavy atom. The van der Waals surface area contributed by atoms with Crippen LogP contribution >= 0.6 is 0 Å². The highest BCUT2D eigenvalue weighted by Crippen LogP contribution is 2.34. The Morgan fingerprint density at radius 2 is 2.08 bits per heavy atom. The first-order valence-electron chi connectivity index (χ1n) is 5.25. The van der Waals surface area contributed by atoms with Gasteiger partial charge in [0.05, 0.1) is 6.54 Å². The Kier molecular flexibility index (Phi) is 2.54. The van der Waals surface area contributed by atoms with Crippen LogP contribution in [0.4, 0.5) is 0 Å². The fourth-order valence-corrected chi connectivity index (χ4v) is 1.67. The van der Waals surface area contributed by atoms with E-state index in [0.717, 1.165) is 12.5 Å². The molecule has 2 rings (SSSR count). The van der Waals surface area contributed by atoms with E-state index in [-0.39, 0.29) is 5.91 Å². The van der Waals surface area contributed by atoms with Crippen molar-refractivity contribution >= 4 is 5.91 Å². The zero-order valence-corrected chi connectivity index (χ0v) is 8.25. The minimum absolute atomic E-state index is 0.289. The Balaban J connectivity index is 1.83. The molecule has 0 aromatic carbocycles. The van der Waals surface area contributed by atoms with Gasteiger partial charge >= 0.3 is 0 Å². The van der Waals surface area contributed by atoms with Gasteiger partial charge in [-0.15, -0.1) is 0 Å². The molecule has 2 aliphatic rings. The van der Waals surface area contributed by atoms with E-state index in [4.69, 9.17) is 0 Å². The molecule has 2 aliphatic carbocycles. The van der Waals surface area contributed by atoms with E-state index in [1.165, 1.54) is 25.7 Å². The minimum atomic E-state index is 0.289. The Morgan fingerprint density at radius 1 is 1.38 bits per heavy atom. The molecule has 74 valence electrons. The normalized spacial score (nSPS) is 21.6. The van der Waals surface area contributed by atoms with Gasteiger partial charge in [-0.2, -0.15) is 0 Å². The lowest BCUT2D eigenvalue weighted by molar-refractivity contribution is -0.131. The zero-order chi connectivity index (χ0) is 9.26. The van der Waals surface area contributed by atoms with Crippen molar-refractivity contribution in [3.05, 3.63) is 0 Å². The second-order valence-corrected chi connectivity index (χ2v) is 4.25. The Hall–Kier alpha value is -0.570. The average molecular weight is 182 g/mol. The summed E-state index contributed by atoms with van der Waals surface area (Å²) < 4.78 is 0. The van der Waals surface area contributed by atoms with Gasteiger partial charge in [-0.25, -0.2) is 0 Å². The summed E-state index contributed by atoms with van der Waals surface area (Å²) in [7, 11) is 1.83. The highest BCUT2D eigenvalue weighted by Gasteiger charge is 2.35. The highest BCUT2D eigenvalue weighted by molar-refractivity contribution is 5.78. The van der Waals surface area contributed by atoms with Gasteiger partial charge in [0, 0.05) is 12.6 Å². The van der Waals surface area contributed by atoms with Gasteiger partial charge in [0.15, 0.2) is 0 Å². The van der Waals surface area contributed by atoms with Crippen molar-refractivity contribution in [1.82, 2.24) is 10.2 Å². The first kappa shape index (κ1) is 9.00. The van der Waals surface area contributed by atoms with Crippen LogP contribution in [0.15, 0.2) is 0 Å². The van der Waals surface area contributed by atoms with E-state index in [2.05, 4.69) is 10.2 Å². The van der Waals surface area contributed by atoms with Crippen LogP contribution in [0.3, 0.4) is 0 Å². The lowest BCUT2D eigenvalue weighted by atomic mass is 10.3. The molecule has 3 heteroatoms. The first-order chi connectivity index (χ1) is 6.31. The first-order valence-corrected chi connectivity index (χ1v) is 5.25. The van der Waals surface area contributed by atoms with Crippen molar-refractivity contribution in [2.24, 2.45) is 5.92 Å². The molecule has 1 N–H and O–H groups in total. The van der Waals surface area contributed by atoms with Gasteiger partial charge in [-0.05, 0) is 38.6 Å². The number of likely N-dealkylation sites (N-methyl/N-ethyl adjacent to an activating group) is 1. The van der Waals surface area contributed by atoms with Crippen molar-refractivity contribution in [3.63, 3.8) is 0 Å². The van der Waals surface area contributed by atoms with E-state index in [1.807, 2.05) is 7.05 Å². The lowest BCUT2D eigenvalue weighted by Crippen LogP contribution is -2.39. The zero-order valence-electron chi connectivity index (χ0n) is 8.25. The summed E-state index contributed by atoms with van der Waals surface area (Å²) in [6.07, 6.45) is 5.11. The number of rotatable bonds is 5. The summed E-state index contributed by atoms with van der Waals surface area (Å²) in [5, 5.41) is 2.93. The predicted octanol–water partition coefficient (Wildman–Crippen LogP) is 0.607. The third kappa shape index (κ3) is 2.44. The van der Waals surface area contributed by atoms with Crippen LogP contribution in [-0.4, -0.2) is 37.0 Å². The SMILES string of the molecule is CNCC(=O)N(CC1CC1)C1CC1. The maximum Gasteiger partial charge on any atom is 0.236 e. The standard InChI is InChI=1S/C10H18N2O/c1-11-6-10(13)12(9-4-5-9)7-8-2-3-8/h8-9,11H,2-7H2,1H3. The number of hydrogen-bond donors (Lipinski definition) is 1. The molecule has 3 nitrogen and oxygen atoms in total.